The van der Waals surface area contributed by atoms with Crippen LogP contribution in [0.3, 0.4) is 0 Å². The summed E-state index contributed by atoms with van der Waals surface area (Å²) in [6, 6.07) is 22.1. The third-order valence-electron chi connectivity index (χ3n) is 11.4. The minimum Gasteiger partial charge on any atom is -0.262 e. The Morgan fingerprint density at radius 3 is 1.35 bits per heavy atom. The van der Waals surface area contributed by atoms with Gasteiger partial charge >= 0.3 is 0 Å². The van der Waals surface area contributed by atoms with E-state index in [0.717, 1.165) is 48.3 Å². The van der Waals surface area contributed by atoms with Crippen LogP contribution in [0.25, 0.3) is 0 Å². The summed E-state index contributed by atoms with van der Waals surface area (Å²) in [5, 5.41) is 18.1. The van der Waals surface area contributed by atoms with Crippen LogP contribution in [0, 0.1) is 27.7 Å². The Kier molecular flexibility index (Phi) is 18.2. The number of aromatic nitrogens is 4. The van der Waals surface area contributed by atoms with Crippen LogP contribution < -0.4 is 9.44 Å². The van der Waals surface area contributed by atoms with E-state index in [-0.39, 0.29) is 41.3 Å². The lowest BCUT2D eigenvalue weighted by molar-refractivity contribution is 0.346. The van der Waals surface area contributed by atoms with Gasteiger partial charge in [0, 0.05) is 46.0 Å². The molecular weight excluding hydrogens is 1130 g/mol. The van der Waals surface area contributed by atoms with E-state index < -0.39 is 40.1 Å². The van der Waals surface area contributed by atoms with Gasteiger partial charge in [0.15, 0.2) is 11.6 Å². The van der Waals surface area contributed by atoms with Crippen LogP contribution >= 0.6 is 69.9 Å². The summed E-state index contributed by atoms with van der Waals surface area (Å²) in [7, 11) is -15.0. The SMILES string of the molecule is Cc1cc(S(=O)(=O)Nc2cc(C)c(Sc3ccc(S(=O)(=O)N4CCCCC4)cc3)nn2)c(Cl)cc1Cl.Cc1cc(S(=O)(=O)Nc2nnc(Sc3ccc(S(=O)(=O)N4CCCCC4)cc3)cc2C)c(Cl)cc1Cl. The van der Waals surface area contributed by atoms with Crippen LogP contribution in [0.5, 0.6) is 0 Å². The van der Waals surface area contributed by atoms with Gasteiger partial charge in [-0.1, -0.05) is 82.8 Å². The normalized spacial score (nSPS) is 15.1. The second-order valence-corrected chi connectivity index (χ2v) is 27.7. The van der Waals surface area contributed by atoms with Crippen LogP contribution in [0.2, 0.25) is 20.1 Å². The Hall–Kier alpha value is -3.78. The molecule has 2 saturated heterocycles. The Labute approximate surface area is 449 Å². The number of hydrogen-bond donors (Lipinski definition) is 2. The monoisotopic (exact) mass is 1170 g/mol. The molecule has 16 nitrogen and oxygen atoms in total. The molecule has 2 fully saturated rings. The minimum absolute atomic E-state index is 0.000653. The topological polar surface area (TPSA) is 219 Å². The molecule has 8 rings (SSSR count). The highest BCUT2D eigenvalue weighted by Crippen LogP contribution is 2.35. The molecule has 2 N–H and O–H groups in total. The number of anilines is 2. The molecule has 0 amide bonds. The summed E-state index contributed by atoms with van der Waals surface area (Å²) < 4.78 is 111. The van der Waals surface area contributed by atoms with E-state index in [1.165, 1.54) is 56.4 Å². The number of benzene rings is 4. The fraction of sp³-hybridized carbons (Fsp3) is 0.304. The van der Waals surface area contributed by atoms with Crippen molar-refractivity contribution in [2.45, 2.75) is 106 Å². The second kappa shape index (κ2) is 23.4. The number of rotatable bonds is 14. The van der Waals surface area contributed by atoms with Gasteiger partial charge in [-0.2, -0.15) is 8.61 Å². The maximum absolute atomic E-state index is 12.9. The predicted octanol–water partition coefficient (Wildman–Crippen LogP) is 11.1. The van der Waals surface area contributed by atoms with E-state index in [4.69, 9.17) is 46.4 Å². The highest BCUT2D eigenvalue weighted by Gasteiger charge is 2.28. The molecule has 0 unspecified atom stereocenters. The van der Waals surface area contributed by atoms with Crippen molar-refractivity contribution in [2.75, 3.05) is 35.6 Å². The van der Waals surface area contributed by atoms with Gasteiger partial charge in [0.25, 0.3) is 20.0 Å². The fourth-order valence-corrected chi connectivity index (χ4v) is 15.8. The summed E-state index contributed by atoms with van der Waals surface area (Å²) in [5.41, 5.74) is 2.40. The molecule has 2 aromatic heterocycles. The van der Waals surface area contributed by atoms with Crippen molar-refractivity contribution in [3.8, 4) is 0 Å². The number of nitrogens with zero attached hydrogens (tertiary/aromatic N) is 6. The maximum Gasteiger partial charge on any atom is 0.264 e. The zero-order chi connectivity index (χ0) is 52.2. The lowest BCUT2D eigenvalue weighted by atomic mass is 10.2. The fourth-order valence-electron chi connectivity index (χ4n) is 7.38. The standard InChI is InChI=1S/2C23H24Cl2N4O4S3/c1-15-12-21(20(25)14-19(15)24)35(30,31)28-23-16(2)13-22(26-27-23)34-17-6-8-18(9-7-17)36(32,33)29-10-4-3-5-11-29;1-15-12-21(20(25)14-19(15)24)35(30,31)28-22-13-16(2)23(27-26-22)34-17-6-8-18(9-7-17)36(32,33)29-10-4-3-5-11-29/h6-9,12-14H,3-5,10-11H2,1-2H3,(H,27,28);6-9,12-14H,3-5,10-11H2,1-2H3,(H,26,28). The van der Waals surface area contributed by atoms with Gasteiger partial charge < -0.3 is 0 Å². The molecule has 0 atom stereocenters. The van der Waals surface area contributed by atoms with Gasteiger partial charge in [-0.15, -0.1) is 20.4 Å². The van der Waals surface area contributed by atoms with E-state index in [0.29, 0.717) is 68.5 Å². The molecule has 4 heterocycles. The van der Waals surface area contributed by atoms with Crippen LogP contribution in [-0.4, -0.2) is 88.9 Å². The molecular formula is C46H48Cl4N8O8S6. The smallest absolute Gasteiger partial charge is 0.262 e. The van der Waals surface area contributed by atoms with Gasteiger partial charge in [-0.25, -0.2) is 33.7 Å². The van der Waals surface area contributed by atoms with E-state index in [1.54, 1.807) is 88.4 Å². The zero-order valence-corrected chi connectivity index (χ0v) is 47.0. The first kappa shape index (κ1) is 56.0. The Bertz CT molecular complexity index is 3440. The average molecular weight is 1180 g/mol. The number of hydrogen-bond acceptors (Lipinski definition) is 14. The molecule has 0 saturated carbocycles. The molecule has 2 aliphatic heterocycles. The predicted molar refractivity (Wildman–Crippen MR) is 284 cm³/mol. The first-order valence-electron chi connectivity index (χ1n) is 22.2. The number of sulfonamides is 4. The lowest BCUT2D eigenvalue weighted by Gasteiger charge is -2.25. The quantitative estimate of drug-likeness (QED) is 0.104. The molecule has 26 heteroatoms. The summed E-state index contributed by atoms with van der Waals surface area (Å²) in [6.07, 6.45) is 5.62. The van der Waals surface area contributed by atoms with Crippen molar-refractivity contribution < 1.29 is 33.7 Å². The summed E-state index contributed by atoms with van der Waals surface area (Å²) in [6.45, 7) is 9.05. The van der Waals surface area contributed by atoms with Gasteiger partial charge in [0.05, 0.1) is 19.8 Å². The molecule has 72 heavy (non-hydrogen) atoms. The van der Waals surface area contributed by atoms with Crippen molar-refractivity contribution in [3.05, 3.63) is 127 Å². The zero-order valence-electron chi connectivity index (χ0n) is 39.1. The highest BCUT2D eigenvalue weighted by atomic mass is 35.5. The largest absolute Gasteiger partial charge is 0.264 e. The molecule has 2 aliphatic rings. The van der Waals surface area contributed by atoms with Gasteiger partial charge in [-0.05, 0) is 161 Å². The van der Waals surface area contributed by atoms with Gasteiger partial charge in [-0.3, -0.25) is 9.44 Å². The van der Waals surface area contributed by atoms with Crippen molar-refractivity contribution >= 4 is 122 Å². The molecule has 4 aromatic carbocycles. The Morgan fingerprint density at radius 2 is 0.903 bits per heavy atom. The van der Waals surface area contributed by atoms with Crippen molar-refractivity contribution in [1.29, 1.82) is 0 Å². The highest BCUT2D eigenvalue weighted by molar-refractivity contribution is 7.99. The summed E-state index contributed by atoms with van der Waals surface area (Å²) in [4.78, 5) is 1.86. The first-order chi connectivity index (χ1) is 33.9. The number of nitrogens with one attached hydrogen (secondary N) is 2. The van der Waals surface area contributed by atoms with Gasteiger partial charge in [0.2, 0.25) is 20.0 Å². The summed E-state index contributed by atoms with van der Waals surface area (Å²) >= 11 is 26.8. The Morgan fingerprint density at radius 1 is 0.458 bits per heavy atom. The first-order valence-corrected chi connectivity index (χ1v) is 31.2. The number of halogens is 4. The number of piperidine rings is 2. The van der Waals surface area contributed by atoms with Crippen molar-refractivity contribution in [1.82, 2.24) is 29.0 Å². The average Bonchev–Trinajstić information content (AvgIpc) is 3.34. The third-order valence-corrected chi connectivity index (χ3v) is 21.7. The molecule has 6 aromatic rings. The van der Waals surface area contributed by atoms with Crippen LogP contribution in [0.1, 0.15) is 60.8 Å². The van der Waals surface area contributed by atoms with E-state index in [2.05, 4.69) is 29.8 Å². The van der Waals surface area contributed by atoms with E-state index in [9.17, 15) is 33.7 Å². The molecule has 0 spiro atoms. The second-order valence-electron chi connectivity index (χ2n) is 16.8. The molecule has 0 bridgehead atoms. The Balaban J connectivity index is 0.000000211. The third kappa shape index (κ3) is 13.5. The molecule has 384 valence electrons. The van der Waals surface area contributed by atoms with E-state index in [1.807, 2.05) is 0 Å². The maximum atomic E-state index is 12.9. The van der Waals surface area contributed by atoms with Crippen LogP contribution in [0.4, 0.5) is 11.6 Å². The van der Waals surface area contributed by atoms with Crippen molar-refractivity contribution in [2.24, 2.45) is 0 Å². The van der Waals surface area contributed by atoms with Crippen LogP contribution in [-0.2, 0) is 40.1 Å². The van der Waals surface area contributed by atoms with E-state index >= 15 is 0 Å². The van der Waals surface area contributed by atoms with Gasteiger partial charge in [0.1, 0.15) is 19.8 Å². The molecule has 0 radical (unpaired) electrons. The van der Waals surface area contributed by atoms with Crippen LogP contribution in [0.15, 0.2) is 124 Å². The minimum atomic E-state index is -4.02. The summed E-state index contributed by atoms with van der Waals surface area (Å²) in [5.74, 6) is 0.120. The van der Waals surface area contributed by atoms with Crippen molar-refractivity contribution in [3.63, 3.8) is 0 Å². The number of aryl methyl sites for hydroxylation is 4. The lowest BCUT2D eigenvalue weighted by Crippen LogP contribution is -2.35. The molecule has 0 aliphatic carbocycles.